The van der Waals surface area contributed by atoms with Gasteiger partial charge in [0.25, 0.3) is 0 Å². The van der Waals surface area contributed by atoms with Crippen molar-refractivity contribution in [2.45, 2.75) is 32.9 Å². The molecule has 0 saturated carbocycles. The average molecular weight is 271 g/mol. The number of rotatable bonds is 7. The van der Waals surface area contributed by atoms with Gasteiger partial charge in [-0.25, -0.2) is 4.98 Å². The van der Waals surface area contributed by atoms with Gasteiger partial charge in [-0.15, -0.1) is 11.3 Å². The first-order chi connectivity index (χ1) is 8.47. The normalized spacial score (nSPS) is 15.3. The molecule has 104 valence electrons. The second-order valence-electron chi connectivity index (χ2n) is 5.11. The minimum atomic E-state index is -0.120. The van der Waals surface area contributed by atoms with Gasteiger partial charge in [-0.2, -0.15) is 0 Å². The van der Waals surface area contributed by atoms with Gasteiger partial charge in [0.2, 0.25) is 0 Å². The maximum absolute atomic E-state index is 6.03. The molecule has 2 N–H and O–H groups in total. The Morgan fingerprint density at radius 3 is 2.61 bits per heavy atom. The number of aryl methyl sites for hydroxylation is 1. The van der Waals surface area contributed by atoms with Crippen LogP contribution in [0.3, 0.4) is 0 Å². The summed E-state index contributed by atoms with van der Waals surface area (Å²) in [4.78, 5) is 7.90. The summed E-state index contributed by atoms with van der Waals surface area (Å²) < 4.78 is 5.40. The fourth-order valence-electron chi connectivity index (χ4n) is 2.27. The molecule has 0 spiro atoms. The number of nitrogens with two attached hydrogens (primary N) is 1. The number of likely N-dealkylation sites (N-methyl/N-ethyl adjacent to an activating group) is 1. The zero-order chi connectivity index (χ0) is 13.8. The van der Waals surface area contributed by atoms with Crippen LogP contribution in [0.4, 0.5) is 0 Å². The predicted octanol–water partition coefficient (Wildman–Crippen LogP) is 1.88. The third-order valence-electron chi connectivity index (χ3n) is 3.81. The summed E-state index contributed by atoms with van der Waals surface area (Å²) in [5.41, 5.74) is 8.92. The Hall–Kier alpha value is -0.490. The largest absolute Gasteiger partial charge is 0.383 e. The molecule has 0 bridgehead atoms. The van der Waals surface area contributed by atoms with E-state index < -0.39 is 0 Å². The predicted molar refractivity (Wildman–Crippen MR) is 76.8 cm³/mol. The van der Waals surface area contributed by atoms with Gasteiger partial charge in [0, 0.05) is 25.1 Å². The summed E-state index contributed by atoms with van der Waals surface area (Å²) >= 11 is 1.70. The molecule has 0 aromatic carbocycles. The number of ether oxygens (including phenoxy) is 1. The van der Waals surface area contributed by atoms with Gasteiger partial charge in [0.15, 0.2) is 0 Å². The summed E-state index contributed by atoms with van der Waals surface area (Å²) in [7, 11) is 3.85. The summed E-state index contributed by atoms with van der Waals surface area (Å²) in [6, 6.07) is 0. The molecule has 1 atom stereocenters. The maximum atomic E-state index is 6.03. The summed E-state index contributed by atoms with van der Waals surface area (Å²) in [6.45, 7) is 8.55. The van der Waals surface area contributed by atoms with E-state index in [1.807, 2.05) is 5.51 Å². The molecule has 1 aromatic heterocycles. The van der Waals surface area contributed by atoms with Crippen LogP contribution in [0.1, 0.15) is 24.4 Å². The molecule has 1 heterocycles. The lowest BCUT2D eigenvalue weighted by atomic mass is 9.85. The molecule has 0 aliphatic rings. The lowest BCUT2D eigenvalue weighted by Gasteiger charge is -2.44. The number of aromatic nitrogens is 1. The van der Waals surface area contributed by atoms with Crippen molar-refractivity contribution in [2.24, 2.45) is 11.7 Å². The van der Waals surface area contributed by atoms with Gasteiger partial charge in [0.1, 0.15) is 0 Å². The standard InChI is InChI=1S/C13H25N3OS/c1-10(2)13(7-14,8-17-5)16(4)6-12-11(3)15-9-18-12/h9-10H,6-8,14H2,1-5H3. The topological polar surface area (TPSA) is 51.4 Å². The Morgan fingerprint density at radius 1 is 1.56 bits per heavy atom. The van der Waals surface area contributed by atoms with Crippen molar-refractivity contribution < 1.29 is 4.74 Å². The van der Waals surface area contributed by atoms with Crippen LogP contribution in [0.5, 0.6) is 0 Å². The Labute approximate surface area is 114 Å². The van der Waals surface area contributed by atoms with Crippen LogP contribution in [0.25, 0.3) is 0 Å². The zero-order valence-electron chi connectivity index (χ0n) is 12.1. The van der Waals surface area contributed by atoms with E-state index in [9.17, 15) is 0 Å². The van der Waals surface area contributed by atoms with E-state index in [-0.39, 0.29) is 5.54 Å². The molecule has 0 fully saturated rings. The fourth-order valence-corrected chi connectivity index (χ4v) is 3.10. The zero-order valence-corrected chi connectivity index (χ0v) is 12.9. The van der Waals surface area contributed by atoms with Crippen molar-refractivity contribution in [2.75, 3.05) is 27.3 Å². The van der Waals surface area contributed by atoms with Gasteiger partial charge < -0.3 is 10.5 Å². The molecule has 0 amide bonds. The lowest BCUT2D eigenvalue weighted by molar-refractivity contribution is -0.00516. The SMILES string of the molecule is COCC(CN)(C(C)C)N(C)Cc1scnc1C. The van der Waals surface area contributed by atoms with Crippen LogP contribution in [0.15, 0.2) is 5.51 Å². The first-order valence-corrected chi connectivity index (χ1v) is 7.15. The number of methoxy groups -OCH3 is 1. The number of thiazole rings is 1. The van der Waals surface area contributed by atoms with E-state index in [0.717, 1.165) is 12.2 Å². The summed E-state index contributed by atoms with van der Waals surface area (Å²) in [5, 5.41) is 0. The Bertz CT molecular complexity index is 367. The number of hydrogen-bond donors (Lipinski definition) is 1. The molecule has 1 aromatic rings. The molecule has 0 radical (unpaired) electrons. The Balaban J connectivity index is 2.88. The van der Waals surface area contributed by atoms with Gasteiger partial charge in [-0.1, -0.05) is 13.8 Å². The second kappa shape index (κ2) is 6.61. The molecule has 5 heteroatoms. The van der Waals surface area contributed by atoms with Crippen LogP contribution in [-0.2, 0) is 11.3 Å². The third kappa shape index (κ3) is 3.09. The van der Waals surface area contributed by atoms with E-state index in [2.05, 4.69) is 37.7 Å². The summed E-state index contributed by atoms with van der Waals surface area (Å²) in [5.74, 6) is 0.431. The molecule has 1 rings (SSSR count). The van der Waals surface area contributed by atoms with Crippen molar-refractivity contribution in [1.29, 1.82) is 0 Å². The first-order valence-electron chi connectivity index (χ1n) is 6.27. The van der Waals surface area contributed by atoms with E-state index >= 15 is 0 Å². The molecule has 0 aliphatic carbocycles. The Kier molecular flexibility index (Phi) is 5.72. The van der Waals surface area contributed by atoms with Crippen molar-refractivity contribution in [3.63, 3.8) is 0 Å². The molecule has 18 heavy (non-hydrogen) atoms. The highest BCUT2D eigenvalue weighted by Gasteiger charge is 2.37. The van der Waals surface area contributed by atoms with E-state index in [1.54, 1.807) is 18.4 Å². The smallest absolute Gasteiger partial charge is 0.0798 e. The molecule has 1 unspecified atom stereocenters. The molecular formula is C13H25N3OS. The second-order valence-corrected chi connectivity index (χ2v) is 6.05. The minimum absolute atomic E-state index is 0.120. The average Bonchev–Trinajstić information content (AvgIpc) is 2.71. The van der Waals surface area contributed by atoms with Crippen LogP contribution in [-0.4, -0.2) is 42.7 Å². The fraction of sp³-hybridized carbons (Fsp3) is 0.769. The molecule has 4 nitrogen and oxygen atoms in total. The monoisotopic (exact) mass is 271 g/mol. The Morgan fingerprint density at radius 2 is 2.22 bits per heavy atom. The van der Waals surface area contributed by atoms with Crippen LogP contribution in [0.2, 0.25) is 0 Å². The highest BCUT2D eigenvalue weighted by Crippen LogP contribution is 2.26. The summed E-state index contributed by atoms with van der Waals surface area (Å²) in [6.07, 6.45) is 0. The molecule has 0 aliphatic heterocycles. The number of nitrogens with zero attached hydrogens (tertiary/aromatic N) is 2. The van der Waals surface area contributed by atoms with Crippen molar-refractivity contribution >= 4 is 11.3 Å². The van der Waals surface area contributed by atoms with Crippen LogP contribution >= 0.6 is 11.3 Å². The van der Waals surface area contributed by atoms with Gasteiger partial charge in [0.05, 0.1) is 23.4 Å². The third-order valence-corrected chi connectivity index (χ3v) is 4.73. The first kappa shape index (κ1) is 15.6. The number of hydrogen-bond acceptors (Lipinski definition) is 5. The van der Waals surface area contributed by atoms with Gasteiger partial charge >= 0.3 is 0 Å². The maximum Gasteiger partial charge on any atom is 0.0798 e. The van der Waals surface area contributed by atoms with Gasteiger partial charge in [-0.3, -0.25) is 4.90 Å². The van der Waals surface area contributed by atoms with Crippen LogP contribution in [0, 0.1) is 12.8 Å². The van der Waals surface area contributed by atoms with Gasteiger partial charge in [-0.05, 0) is 19.9 Å². The van der Waals surface area contributed by atoms with Crippen LogP contribution < -0.4 is 5.73 Å². The molecular weight excluding hydrogens is 246 g/mol. The van der Waals surface area contributed by atoms with E-state index in [0.29, 0.717) is 19.1 Å². The van der Waals surface area contributed by atoms with Crippen molar-refractivity contribution in [3.8, 4) is 0 Å². The highest BCUT2D eigenvalue weighted by atomic mass is 32.1. The van der Waals surface area contributed by atoms with E-state index in [4.69, 9.17) is 10.5 Å². The lowest BCUT2D eigenvalue weighted by Crippen LogP contribution is -2.58. The quantitative estimate of drug-likeness (QED) is 0.823. The van der Waals surface area contributed by atoms with Crippen molar-refractivity contribution in [3.05, 3.63) is 16.1 Å². The van der Waals surface area contributed by atoms with Crippen molar-refractivity contribution in [1.82, 2.24) is 9.88 Å². The minimum Gasteiger partial charge on any atom is -0.383 e. The molecule has 0 saturated heterocycles. The highest BCUT2D eigenvalue weighted by molar-refractivity contribution is 7.09. The van der Waals surface area contributed by atoms with E-state index in [1.165, 1.54) is 4.88 Å².